The van der Waals surface area contributed by atoms with E-state index >= 15 is 0 Å². The Hall–Kier alpha value is -3.28. The number of hydrogen-bond donors (Lipinski definition) is 4. The maximum absolute atomic E-state index is 12.6. The molecule has 1 aromatic carbocycles. The average molecular weight is 525 g/mol. The molecule has 4 amide bonds. The lowest BCUT2D eigenvalue weighted by Gasteiger charge is -2.22. The van der Waals surface area contributed by atoms with Crippen LogP contribution < -0.4 is 21.3 Å². The molecule has 0 saturated heterocycles. The van der Waals surface area contributed by atoms with Crippen molar-refractivity contribution < 1.29 is 32.4 Å². The molecule has 0 aromatic heterocycles. The molecule has 0 bridgehead atoms. The zero-order valence-electron chi connectivity index (χ0n) is 21.1. The van der Waals surface area contributed by atoms with Gasteiger partial charge in [0.15, 0.2) is 5.78 Å². The van der Waals surface area contributed by atoms with E-state index in [1.807, 2.05) is 30.3 Å². The van der Waals surface area contributed by atoms with Crippen LogP contribution in [0.4, 0.5) is 0 Å². The summed E-state index contributed by atoms with van der Waals surface area (Å²) in [5.74, 6) is -3.74. The minimum absolute atomic E-state index is 0.129. The second kappa shape index (κ2) is 15.0. The summed E-state index contributed by atoms with van der Waals surface area (Å²) in [7, 11) is -3.58. The minimum Gasteiger partial charge on any atom is -0.347 e. The largest absolute Gasteiger partial charge is 0.347 e. The first-order chi connectivity index (χ1) is 16.8. The van der Waals surface area contributed by atoms with Gasteiger partial charge in [-0.3, -0.25) is 24.0 Å². The van der Waals surface area contributed by atoms with Gasteiger partial charge in [0.1, 0.15) is 21.9 Å². The number of ketones is 1. The molecule has 4 N–H and O–H groups in total. The van der Waals surface area contributed by atoms with Crippen molar-refractivity contribution in [1.82, 2.24) is 21.3 Å². The van der Waals surface area contributed by atoms with Crippen LogP contribution in [-0.2, 0) is 40.2 Å². The molecule has 0 radical (unpaired) electrons. The third-order valence-electron chi connectivity index (χ3n) is 5.08. The number of carbonyl (C=O) groups is 5. The Bertz CT molecular complexity index is 1030. The summed E-state index contributed by atoms with van der Waals surface area (Å²) >= 11 is 0. The van der Waals surface area contributed by atoms with E-state index in [0.717, 1.165) is 25.2 Å². The van der Waals surface area contributed by atoms with Gasteiger partial charge in [-0.05, 0) is 24.3 Å². The number of carbonyl (C=O) groups excluding carboxylic acids is 5. The van der Waals surface area contributed by atoms with E-state index in [2.05, 4.69) is 21.3 Å². The molecule has 0 spiro atoms. The van der Waals surface area contributed by atoms with E-state index in [4.69, 9.17) is 0 Å². The standard InChI is InChI=1S/C24H36N4O7S/c1-16(2)22(24(33)25-13-19(30)12-8-11-18-9-6-5-7-10-18)28-21(31)14-26-23(32)20(27-17(3)29)15-36(4,34)35/h5-7,9-10,16,20,22H,8,11-15H2,1-4H3,(H,25,33)(H,26,32)(H,27,29)(H,28,31)/t20-,22?/m0/s1. The Balaban J connectivity index is 2.52. The van der Waals surface area contributed by atoms with Crippen molar-refractivity contribution in [3.05, 3.63) is 35.9 Å². The number of aryl methyl sites for hydroxylation is 1. The van der Waals surface area contributed by atoms with Crippen molar-refractivity contribution in [2.75, 3.05) is 25.1 Å². The van der Waals surface area contributed by atoms with Crippen LogP contribution in [0.15, 0.2) is 30.3 Å². The number of nitrogens with one attached hydrogen (secondary N) is 4. The lowest BCUT2D eigenvalue weighted by molar-refractivity contribution is -0.132. The van der Waals surface area contributed by atoms with E-state index in [-0.39, 0.29) is 18.2 Å². The van der Waals surface area contributed by atoms with Gasteiger partial charge in [0.25, 0.3) is 0 Å². The van der Waals surface area contributed by atoms with Crippen LogP contribution in [0.2, 0.25) is 0 Å². The van der Waals surface area contributed by atoms with Crippen molar-refractivity contribution in [2.45, 2.75) is 52.1 Å². The average Bonchev–Trinajstić information content (AvgIpc) is 2.78. The fraction of sp³-hybridized carbons (Fsp3) is 0.542. The van der Waals surface area contributed by atoms with Gasteiger partial charge in [-0.1, -0.05) is 44.2 Å². The van der Waals surface area contributed by atoms with Crippen LogP contribution >= 0.6 is 0 Å². The highest BCUT2D eigenvalue weighted by Gasteiger charge is 2.27. The van der Waals surface area contributed by atoms with Gasteiger partial charge in [0, 0.05) is 19.6 Å². The van der Waals surface area contributed by atoms with Gasteiger partial charge in [-0.25, -0.2) is 8.42 Å². The highest BCUT2D eigenvalue weighted by atomic mass is 32.2. The number of benzene rings is 1. The van der Waals surface area contributed by atoms with Crippen LogP contribution in [0.5, 0.6) is 0 Å². The first-order valence-corrected chi connectivity index (χ1v) is 13.7. The first-order valence-electron chi connectivity index (χ1n) is 11.6. The molecule has 0 saturated carbocycles. The van der Waals surface area contributed by atoms with Gasteiger partial charge in [-0.2, -0.15) is 0 Å². The van der Waals surface area contributed by atoms with Crippen molar-refractivity contribution in [3.8, 4) is 0 Å². The molecule has 1 rings (SSSR count). The van der Waals surface area contributed by atoms with Gasteiger partial charge < -0.3 is 21.3 Å². The van der Waals surface area contributed by atoms with E-state index in [1.54, 1.807) is 13.8 Å². The Morgan fingerprint density at radius 3 is 2.06 bits per heavy atom. The highest BCUT2D eigenvalue weighted by molar-refractivity contribution is 7.90. The number of amides is 4. The second-order valence-corrected chi connectivity index (χ2v) is 11.1. The smallest absolute Gasteiger partial charge is 0.244 e. The summed E-state index contributed by atoms with van der Waals surface area (Å²) in [6.07, 6.45) is 2.63. The Labute approximate surface area is 212 Å². The van der Waals surface area contributed by atoms with E-state index in [1.165, 1.54) is 0 Å². The molecule has 1 aromatic rings. The van der Waals surface area contributed by atoms with Crippen molar-refractivity contribution >= 4 is 39.2 Å². The number of Topliss-reactive ketones (excluding diaryl/α,β-unsaturated/α-hetero) is 1. The maximum Gasteiger partial charge on any atom is 0.244 e. The van der Waals surface area contributed by atoms with Crippen LogP contribution in [-0.4, -0.2) is 75.0 Å². The van der Waals surface area contributed by atoms with E-state index < -0.39 is 57.8 Å². The summed E-state index contributed by atoms with van der Waals surface area (Å²) in [5.41, 5.74) is 1.13. The fourth-order valence-electron chi connectivity index (χ4n) is 3.30. The fourth-order valence-corrected chi connectivity index (χ4v) is 4.14. The summed E-state index contributed by atoms with van der Waals surface area (Å²) in [6, 6.07) is 7.44. The van der Waals surface area contributed by atoms with Crippen LogP contribution in [0.1, 0.15) is 39.2 Å². The van der Waals surface area contributed by atoms with Crippen LogP contribution in [0, 0.1) is 5.92 Å². The van der Waals surface area contributed by atoms with Gasteiger partial charge in [0.2, 0.25) is 23.6 Å². The van der Waals surface area contributed by atoms with Gasteiger partial charge >= 0.3 is 0 Å². The molecule has 2 atom stereocenters. The van der Waals surface area contributed by atoms with Crippen LogP contribution in [0.3, 0.4) is 0 Å². The molecule has 11 nitrogen and oxygen atoms in total. The van der Waals surface area contributed by atoms with E-state index in [0.29, 0.717) is 12.8 Å². The summed E-state index contributed by atoms with van der Waals surface area (Å²) in [4.78, 5) is 60.6. The monoisotopic (exact) mass is 524 g/mol. The molecule has 200 valence electrons. The molecule has 36 heavy (non-hydrogen) atoms. The predicted octanol–water partition coefficient (Wildman–Crippen LogP) is -0.499. The third kappa shape index (κ3) is 13.0. The zero-order chi connectivity index (χ0) is 27.3. The zero-order valence-corrected chi connectivity index (χ0v) is 21.9. The lowest BCUT2D eigenvalue weighted by Crippen LogP contribution is -2.54. The molecule has 0 aliphatic carbocycles. The molecule has 0 heterocycles. The van der Waals surface area contributed by atoms with Crippen molar-refractivity contribution in [2.24, 2.45) is 5.92 Å². The van der Waals surface area contributed by atoms with E-state index in [9.17, 15) is 32.4 Å². The van der Waals surface area contributed by atoms with Crippen molar-refractivity contribution in [3.63, 3.8) is 0 Å². The summed E-state index contributed by atoms with van der Waals surface area (Å²) in [6.45, 7) is 3.86. The SMILES string of the molecule is CC(=O)N[C@@H](CS(C)(=O)=O)C(=O)NCC(=O)NC(C(=O)NCC(=O)CCCc1ccccc1)C(C)C. The summed E-state index contributed by atoms with van der Waals surface area (Å²) < 4.78 is 23.0. The van der Waals surface area contributed by atoms with Crippen LogP contribution in [0.25, 0.3) is 0 Å². The normalized spacial score (nSPS) is 12.8. The molecule has 1 unspecified atom stereocenters. The number of hydrogen-bond acceptors (Lipinski definition) is 7. The molecule has 0 aliphatic rings. The maximum atomic E-state index is 12.6. The number of sulfone groups is 1. The van der Waals surface area contributed by atoms with Gasteiger partial charge in [0.05, 0.1) is 18.8 Å². The third-order valence-corrected chi connectivity index (χ3v) is 6.01. The number of rotatable bonds is 15. The quantitative estimate of drug-likeness (QED) is 0.240. The Kier molecular flexibility index (Phi) is 12.8. The topological polar surface area (TPSA) is 168 Å². The first kappa shape index (κ1) is 30.8. The lowest BCUT2D eigenvalue weighted by atomic mass is 10.0. The molecule has 0 fully saturated rings. The molecule has 0 aliphatic heterocycles. The Morgan fingerprint density at radius 1 is 0.889 bits per heavy atom. The second-order valence-electron chi connectivity index (χ2n) is 8.95. The minimum atomic E-state index is -3.58. The highest BCUT2D eigenvalue weighted by Crippen LogP contribution is 2.05. The summed E-state index contributed by atoms with van der Waals surface area (Å²) in [5, 5.41) is 9.54. The molecule has 12 heteroatoms. The van der Waals surface area contributed by atoms with Crippen molar-refractivity contribution in [1.29, 1.82) is 0 Å². The Morgan fingerprint density at radius 2 is 1.50 bits per heavy atom. The molecular weight excluding hydrogens is 488 g/mol. The van der Waals surface area contributed by atoms with Gasteiger partial charge in [-0.15, -0.1) is 0 Å². The predicted molar refractivity (Wildman–Crippen MR) is 134 cm³/mol. The molecular formula is C24H36N4O7S.